The summed E-state index contributed by atoms with van der Waals surface area (Å²) in [5, 5.41) is 13.1. The number of carboxylic acids is 1. The highest BCUT2D eigenvalue weighted by Crippen LogP contribution is 2.30. The molecular weight excluding hydrogens is 262 g/mol. The number of hydrogen-bond acceptors (Lipinski definition) is 4. The molecule has 0 bridgehead atoms. The highest BCUT2D eigenvalue weighted by atomic mass is 32.2. The van der Waals surface area contributed by atoms with Crippen LogP contribution in [0.4, 0.5) is 0 Å². The second-order valence-corrected chi connectivity index (χ2v) is 6.46. The van der Waals surface area contributed by atoms with Gasteiger partial charge in [0.1, 0.15) is 5.76 Å². The Hall–Kier alpha value is -0.940. The Morgan fingerprint density at radius 3 is 3.00 bits per heavy atom. The molecule has 1 saturated carbocycles. The third-order valence-electron chi connectivity index (χ3n) is 3.53. The molecule has 0 radical (unpaired) electrons. The molecule has 4 nitrogen and oxygen atoms in total. The van der Waals surface area contributed by atoms with Gasteiger partial charge >= 0.3 is 5.97 Å². The summed E-state index contributed by atoms with van der Waals surface area (Å²) < 4.78 is 5.36. The summed E-state index contributed by atoms with van der Waals surface area (Å²) in [6, 6.07) is 2.33. The van der Waals surface area contributed by atoms with Crippen molar-refractivity contribution in [2.24, 2.45) is 0 Å². The summed E-state index contributed by atoms with van der Waals surface area (Å²) in [6.45, 7) is 4.57. The topological polar surface area (TPSA) is 62.5 Å². The third kappa shape index (κ3) is 3.54. The summed E-state index contributed by atoms with van der Waals surface area (Å²) in [5.74, 6) is 0.917. The fourth-order valence-electron chi connectivity index (χ4n) is 2.65. The first-order chi connectivity index (χ1) is 9.11. The molecule has 1 heterocycles. The molecule has 2 N–H and O–H groups in total. The quantitative estimate of drug-likeness (QED) is 0.840. The molecule has 2 atom stereocenters. The number of aromatic carboxylic acids is 1. The van der Waals surface area contributed by atoms with Crippen molar-refractivity contribution in [2.75, 3.05) is 5.75 Å². The molecule has 0 aromatic carbocycles. The standard InChI is InChI=1S/C14H21NO3S/c1-3-19-12-6-4-5-11(12)15-8-10-7-9(2)13(18-10)14(16)17/h7,11-12,15H,3-6,8H2,1-2H3,(H,16,17). The smallest absolute Gasteiger partial charge is 0.372 e. The van der Waals surface area contributed by atoms with E-state index in [1.165, 1.54) is 19.3 Å². The lowest BCUT2D eigenvalue weighted by molar-refractivity contribution is 0.0659. The monoisotopic (exact) mass is 283 g/mol. The van der Waals surface area contributed by atoms with Crippen molar-refractivity contribution in [3.05, 3.63) is 23.2 Å². The average molecular weight is 283 g/mol. The van der Waals surface area contributed by atoms with Crippen LogP contribution in [0.2, 0.25) is 0 Å². The van der Waals surface area contributed by atoms with E-state index in [1.54, 1.807) is 6.92 Å². The predicted molar refractivity (Wildman–Crippen MR) is 76.8 cm³/mol. The summed E-state index contributed by atoms with van der Waals surface area (Å²) in [4.78, 5) is 10.9. The van der Waals surface area contributed by atoms with Crippen LogP contribution in [0.15, 0.2) is 10.5 Å². The second-order valence-electron chi connectivity index (χ2n) is 4.94. The molecule has 0 spiro atoms. The Bertz CT molecular complexity index is 444. The molecule has 1 aliphatic rings. The lowest BCUT2D eigenvalue weighted by atomic mass is 10.2. The molecular formula is C14H21NO3S. The van der Waals surface area contributed by atoms with Crippen molar-refractivity contribution < 1.29 is 14.3 Å². The summed E-state index contributed by atoms with van der Waals surface area (Å²) in [6.07, 6.45) is 3.74. The summed E-state index contributed by atoms with van der Waals surface area (Å²) >= 11 is 2.01. The van der Waals surface area contributed by atoms with Gasteiger partial charge in [0.05, 0.1) is 6.54 Å². The highest BCUT2D eigenvalue weighted by molar-refractivity contribution is 7.99. The Morgan fingerprint density at radius 1 is 1.58 bits per heavy atom. The zero-order valence-corrected chi connectivity index (χ0v) is 12.3. The molecule has 5 heteroatoms. The van der Waals surface area contributed by atoms with E-state index in [2.05, 4.69) is 12.2 Å². The van der Waals surface area contributed by atoms with Gasteiger partial charge in [0.25, 0.3) is 0 Å². The Balaban J connectivity index is 1.91. The Morgan fingerprint density at radius 2 is 2.37 bits per heavy atom. The number of hydrogen-bond donors (Lipinski definition) is 2. The van der Waals surface area contributed by atoms with Crippen LogP contribution in [0.3, 0.4) is 0 Å². The fraction of sp³-hybridized carbons (Fsp3) is 0.643. The number of nitrogens with one attached hydrogen (secondary N) is 1. The molecule has 1 fully saturated rings. The minimum Gasteiger partial charge on any atom is -0.475 e. The SMILES string of the molecule is CCSC1CCCC1NCc1cc(C)c(C(=O)O)o1. The van der Waals surface area contributed by atoms with Crippen molar-refractivity contribution in [3.8, 4) is 0 Å². The normalized spacial score (nSPS) is 22.8. The van der Waals surface area contributed by atoms with Crippen LogP contribution in [0.25, 0.3) is 0 Å². The third-order valence-corrected chi connectivity index (χ3v) is 4.86. The number of thioether (sulfide) groups is 1. The van der Waals surface area contributed by atoms with Gasteiger partial charge in [0, 0.05) is 16.9 Å². The van der Waals surface area contributed by atoms with Crippen LogP contribution in [-0.2, 0) is 6.54 Å². The lowest BCUT2D eigenvalue weighted by Crippen LogP contribution is -2.33. The number of carbonyl (C=O) groups is 1. The molecule has 0 saturated heterocycles. The fourth-order valence-corrected chi connectivity index (χ4v) is 3.88. The molecule has 19 heavy (non-hydrogen) atoms. The molecule has 2 unspecified atom stereocenters. The van der Waals surface area contributed by atoms with Crippen LogP contribution in [-0.4, -0.2) is 28.1 Å². The highest BCUT2D eigenvalue weighted by Gasteiger charge is 2.27. The van der Waals surface area contributed by atoms with Gasteiger partial charge in [0.2, 0.25) is 5.76 Å². The van der Waals surface area contributed by atoms with E-state index < -0.39 is 5.97 Å². The molecule has 0 aliphatic heterocycles. The molecule has 2 rings (SSSR count). The van der Waals surface area contributed by atoms with Gasteiger partial charge in [-0.1, -0.05) is 13.3 Å². The van der Waals surface area contributed by atoms with Gasteiger partial charge < -0.3 is 14.8 Å². The number of rotatable bonds is 6. The minimum absolute atomic E-state index is 0.0581. The average Bonchev–Trinajstić information content (AvgIpc) is 2.94. The van der Waals surface area contributed by atoms with Crippen LogP contribution in [0.5, 0.6) is 0 Å². The summed E-state index contributed by atoms with van der Waals surface area (Å²) in [7, 11) is 0. The molecule has 1 aromatic rings. The van der Waals surface area contributed by atoms with E-state index in [0.29, 0.717) is 29.2 Å². The van der Waals surface area contributed by atoms with Crippen molar-refractivity contribution >= 4 is 17.7 Å². The van der Waals surface area contributed by atoms with Crippen molar-refractivity contribution in [1.29, 1.82) is 0 Å². The predicted octanol–water partition coefficient (Wildman–Crippen LogP) is 3.05. The van der Waals surface area contributed by atoms with Crippen LogP contribution < -0.4 is 5.32 Å². The van der Waals surface area contributed by atoms with E-state index in [-0.39, 0.29) is 5.76 Å². The van der Waals surface area contributed by atoms with E-state index in [0.717, 1.165) is 5.75 Å². The minimum atomic E-state index is -0.996. The van der Waals surface area contributed by atoms with E-state index in [9.17, 15) is 4.79 Å². The lowest BCUT2D eigenvalue weighted by Gasteiger charge is -2.19. The zero-order valence-electron chi connectivity index (χ0n) is 11.4. The Labute approximate surface area is 117 Å². The first-order valence-electron chi connectivity index (χ1n) is 6.79. The maximum Gasteiger partial charge on any atom is 0.372 e. The van der Waals surface area contributed by atoms with Gasteiger partial charge in [0.15, 0.2) is 0 Å². The van der Waals surface area contributed by atoms with Crippen LogP contribution in [0.1, 0.15) is 48.1 Å². The van der Waals surface area contributed by atoms with Gasteiger partial charge in [-0.15, -0.1) is 0 Å². The summed E-state index contributed by atoms with van der Waals surface area (Å²) in [5.41, 5.74) is 0.690. The zero-order chi connectivity index (χ0) is 13.8. The van der Waals surface area contributed by atoms with E-state index in [4.69, 9.17) is 9.52 Å². The first-order valence-corrected chi connectivity index (χ1v) is 7.84. The van der Waals surface area contributed by atoms with Crippen LogP contribution in [0, 0.1) is 6.92 Å². The van der Waals surface area contributed by atoms with Crippen molar-refractivity contribution in [1.82, 2.24) is 5.32 Å². The van der Waals surface area contributed by atoms with Gasteiger partial charge in [-0.3, -0.25) is 0 Å². The van der Waals surface area contributed by atoms with Crippen molar-refractivity contribution in [2.45, 2.75) is 50.9 Å². The van der Waals surface area contributed by atoms with Crippen LogP contribution >= 0.6 is 11.8 Å². The molecule has 1 aromatic heterocycles. The van der Waals surface area contributed by atoms with Gasteiger partial charge in [-0.05, 0) is 31.6 Å². The number of aryl methyl sites for hydroxylation is 1. The first kappa shape index (κ1) is 14.5. The van der Waals surface area contributed by atoms with Gasteiger partial charge in [-0.25, -0.2) is 4.79 Å². The largest absolute Gasteiger partial charge is 0.475 e. The van der Waals surface area contributed by atoms with Crippen molar-refractivity contribution in [3.63, 3.8) is 0 Å². The van der Waals surface area contributed by atoms with E-state index in [1.807, 2.05) is 17.8 Å². The van der Waals surface area contributed by atoms with Gasteiger partial charge in [-0.2, -0.15) is 11.8 Å². The number of furan rings is 1. The molecule has 1 aliphatic carbocycles. The molecule has 106 valence electrons. The van der Waals surface area contributed by atoms with E-state index >= 15 is 0 Å². The maximum atomic E-state index is 10.9. The maximum absolute atomic E-state index is 10.9. The molecule has 0 amide bonds. The second kappa shape index (κ2) is 6.48. The number of carboxylic acid groups (broad SMARTS) is 1. The Kier molecular flexibility index (Phi) is 4.93.